The summed E-state index contributed by atoms with van der Waals surface area (Å²) in [4.78, 5) is 36.6. The third-order valence-electron chi connectivity index (χ3n) is 6.86. The van der Waals surface area contributed by atoms with Crippen molar-refractivity contribution in [2.75, 3.05) is 51.6 Å². The Bertz CT molecular complexity index is 706. The van der Waals surface area contributed by atoms with Crippen LogP contribution in [-0.4, -0.2) is 83.9 Å². The molecule has 152 valence electrons. The minimum absolute atomic E-state index is 0.0996. The van der Waals surface area contributed by atoms with E-state index in [0.717, 1.165) is 70.5 Å². The number of nitrogens with one attached hydrogen (secondary N) is 1. The molecule has 4 rings (SSSR count). The summed E-state index contributed by atoms with van der Waals surface area (Å²) in [5.41, 5.74) is 0.358. The number of carbonyl (C=O) groups excluding carboxylic acids is 2. The zero-order valence-electron chi connectivity index (χ0n) is 16.8. The quantitative estimate of drug-likeness (QED) is 0.849. The van der Waals surface area contributed by atoms with Crippen molar-refractivity contribution in [1.82, 2.24) is 19.7 Å². The molecule has 1 aromatic rings. The topological polar surface area (TPSA) is 68.8 Å². The molecule has 0 bridgehead atoms. The SMILES string of the molecule is CN1CC[C@@]2(C(=O)Nc3cccnc3)CCN(CC(=O)N3CCCC3)CC[C@@H]12. The monoisotopic (exact) mass is 385 g/mol. The van der Waals surface area contributed by atoms with Gasteiger partial charge < -0.3 is 15.1 Å². The third-order valence-corrected chi connectivity index (χ3v) is 6.86. The zero-order valence-corrected chi connectivity index (χ0v) is 16.8. The molecular formula is C21H31N5O2. The van der Waals surface area contributed by atoms with Crippen molar-refractivity contribution >= 4 is 17.5 Å². The Morgan fingerprint density at radius 2 is 1.96 bits per heavy atom. The van der Waals surface area contributed by atoms with Crippen molar-refractivity contribution in [3.8, 4) is 0 Å². The Balaban J connectivity index is 1.45. The molecular weight excluding hydrogens is 354 g/mol. The van der Waals surface area contributed by atoms with Crippen molar-refractivity contribution in [2.24, 2.45) is 5.41 Å². The molecule has 3 aliphatic rings. The smallest absolute Gasteiger partial charge is 0.236 e. The highest BCUT2D eigenvalue weighted by Crippen LogP contribution is 2.43. The maximum atomic E-state index is 13.3. The largest absolute Gasteiger partial charge is 0.342 e. The average molecular weight is 386 g/mol. The van der Waals surface area contributed by atoms with E-state index >= 15 is 0 Å². The molecule has 0 aromatic carbocycles. The number of anilines is 1. The molecule has 2 amide bonds. The Hall–Kier alpha value is -1.99. The molecule has 3 aliphatic heterocycles. The molecule has 7 heteroatoms. The van der Waals surface area contributed by atoms with Crippen LogP contribution in [0.1, 0.15) is 32.1 Å². The van der Waals surface area contributed by atoms with Gasteiger partial charge in [0.1, 0.15) is 0 Å². The van der Waals surface area contributed by atoms with Crippen molar-refractivity contribution in [2.45, 2.75) is 38.1 Å². The van der Waals surface area contributed by atoms with Gasteiger partial charge in [0.25, 0.3) is 0 Å². The number of hydrogen-bond acceptors (Lipinski definition) is 5. The molecule has 0 spiro atoms. The fourth-order valence-electron chi connectivity index (χ4n) is 5.17. The van der Waals surface area contributed by atoms with Crippen LogP contribution in [0.3, 0.4) is 0 Å². The van der Waals surface area contributed by atoms with Crippen LogP contribution in [0.15, 0.2) is 24.5 Å². The van der Waals surface area contributed by atoms with Gasteiger partial charge in [0, 0.05) is 31.9 Å². The second kappa shape index (κ2) is 8.17. The maximum absolute atomic E-state index is 13.3. The number of aromatic nitrogens is 1. The van der Waals surface area contributed by atoms with E-state index in [0.29, 0.717) is 6.54 Å². The van der Waals surface area contributed by atoms with Crippen LogP contribution < -0.4 is 5.32 Å². The highest BCUT2D eigenvalue weighted by Gasteiger charge is 2.52. The van der Waals surface area contributed by atoms with Gasteiger partial charge in [-0.1, -0.05) is 0 Å². The Morgan fingerprint density at radius 1 is 1.18 bits per heavy atom. The lowest BCUT2D eigenvalue weighted by molar-refractivity contribution is -0.131. The van der Waals surface area contributed by atoms with Gasteiger partial charge in [-0.15, -0.1) is 0 Å². The van der Waals surface area contributed by atoms with Gasteiger partial charge in [0.05, 0.1) is 23.8 Å². The molecule has 0 radical (unpaired) electrons. The van der Waals surface area contributed by atoms with Crippen LogP contribution in [0, 0.1) is 5.41 Å². The molecule has 0 aliphatic carbocycles. The number of hydrogen-bond donors (Lipinski definition) is 1. The van der Waals surface area contributed by atoms with Gasteiger partial charge in [-0.05, 0) is 64.4 Å². The Kier molecular flexibility index (Phi) is 5.64. The fourth-order valence-corrected chi connectivity index (χ4v) is 5.17. The summed E-state index contributed by atoms with van der Waals surface area (Å²) in [5.74, 6) is 0.342. The van der Waals surface area contributed by atoms with Crippen LogP contribution in [0.4, 0.5) is 5.69 Å². The van der Waals surface area contributed by atoms with Crippen molar-refractivity contribution in [1.29, 1.82) is 0 Å². The number of rotatable bonds is 4. The minimum atomic E-state index is -0.393. The lowest BCUT2D eigenvalue weighted by atomic mass is 9.75. The van der Waals surface area contributed by atoms with E-state index in [2.05, 4.69) is 27.1 Å². The second-order valence-corrected chi connectivity index (χ2v) is 8.50. The van der Waals surface area contributed by atoms with E-state index in [9.17, 15) is 9.59 Å². The number of amides is 2. The predicted molar refractivity (Wildman–Crippen MR) is 108 cm³/mol. The van der Waals surface area contributed by atoms with E-state index in [1.807, 2.05) is 17.0 Å². The van der Waals surface area contributed by atoms with E-state index in [1.165, 1.54) is 0 Å². The third kappa shape index (κ3) is 3.78. The van der Waals surface area contributed by atoms with Gasteiger partial charge >= 0.3 is 0 Å². The molecule has 3 fully saturated rings. The first-order valence-corrected chi connectivity index (χ1v) is 10.5. The number of nitrogens with zero attached hydrogens (tertiary/aromatic N) is 4. The van der Waals surface area contributed by atoms with Gasteiger partial charge in [-0.25, -0.2) is 0 Å². The summed E-state index contributed by atoms with van der Waals surface area (Å²) in [6.07, 6.45) is 8.23. The van der Waals surface area contributed by atoms with Gasteiger partial charge in [-0.2, -0.15) is 0 Å². The summed E-state index contributed by atoms with van der Waals surface area (Å²) in [6, 6.07) is 3.94. The van der Waals surface area contributed by atoms with Crippen molar-refractivity contribution in [3.05, 3.63) is 24.5 Å². The van der Waals surface area contributed by atoms with Crippen LogP contribution in [0.2, 0.25) is 0 Å². The molecule has 28 heavy (non-hydrogen) atoms. The first kappa shape index (κ1) is 19.3. The van der Waals surface area contributed by atoms with E-state index < -0.39 is 5.41 Å². The molecule has 2 atom stereocenters. The number of fused-ring (bicyclic) bond motifs is 1. The zero-order chi connectivity index (χ0) is 19.6. The van der Waals surface area contributed by atoms with E-state index in [4.69, 9.17) is 0 Å². The van der Waals surface area contributed by atoms with Crippen molar-refractivity contribution < 1.29 is 9.59 Å². The summed E-state index contributed by atoms with van der Waals surface area (Å²) < 4.78 is 0. The van der Waals surface area contributed by atoms with Gasteiger partial charge in [0.15, 0.2) is 0 Å². The molecule has 1 N–H and O–H groups in total. The Labute approximate surface area is 167 Å². The number of likely N-dealkylation sites (tertiary alicyclic amines) is 3. The lowest BCUT2D eigenvalue weighted by Crippen LogP contribution is -2.46. The summed E-state index contributed by atoms with van der Waals surface area (Å²) >= 11 is 0. The van der Waals surface area contributed by atoms with Crippen LogP contribution in [-0.2, 0) is 9.59 Å². The molecule has 4 heterocycles. The molecule has 0 unspecified atom stereocenters. The highest BCUT2D eigenvalue weighted by atomic mass is 16.2. The summed E-state index contributed by atoms with van der Waals surface area (Å²) in [5, 5.41) is 3.10. The van der Waals surface area contributed by atoms with Gasteiger partial charge in [0.2, 0.25) is 11.8 Å². The normalized spacial score (nSPS) is 28.8. The summed E-state index contributed by atoms with van der Waals surface area (Å²) in [6.45, 7) is 4.89. The maximum Gasteiger partial charge on any atom is 0.236 e. The van der Waals surface area contributed by atoms with E-state index in [-0.39, 0.29) is 17.9 Å². The lowest BCUT2D eigenvalue weighted by Gasteiger charge is -2.34. The Morgan fingerprint density at radius 3 is 2.71 bits per heavy atom. The molecule has 1 aromatic heterocycles. The fraction of sp³-hybridized carbons (Fsp3) is 0.667. The predicted octanol–water partition coefficient (Wildman–Crippen LogP) is 1.43. The molecule has 7 nitrogen and oxygen atoms in total. The van der Waals surface area contributed by atoms with Gasteiger partial charge in [-0.3, -0.25) is 19.5 Å². The number of carbonyl (C=O) groups is 2. The summed E-state index contributed by atoms with van der Waals surface area (Å²) in [7, 11) is 2.12. The molecule has 3 saturated heterocycles. The van der Waals surface area contributed by atoms with Crippen LogP contribution in [0.5, 0.6) is 0 Å². The van der Waals surface area contributed by atoms with Crippen LogP contribution in [0.25, 0.3) is 0 Å². The first-order chi connectivity index (χ1) is 13.6. The second-order valence-electron chi connectivity index (χ2n) is 8.50. The number of pyridine rings is 1. The van der Waals surface area contributed by atoms with Crippen molar-refractivity contribution in [3.63, 3.8) is 0 Å². The highest BCUT2D eigenvalue weighted by molar-refractivity contribution is 5.96. The minimum Gasteiger partial charge on any atom is -0.342 e. The average Bonchev–Trinajstić information content (AvgIpc) is 3.30. The van der Waals surface area contributed by atoms with Crippen LogP contribution >= 0.6 is 0 Å². The standard InChI is InChI=1S/C21H31N5O2/c1-24-13-7-21(20(28)23-17-5-4-9-22-15-17)8-14-25(12-6-18(21)24)16-19(27)26-10-2-3-11-26/h4-5,9,15,18H,2-3,6-8,10-14,16H2,1H3,(H,23,28)/t18-,21-/m1/s1. The first-order valence-electron chi connectivity index (χ1n) is 10.5. The molecule has 0 saturated carbocycles. The van der Waals surface area contributed by atoms with E-state index in [1.54, 1.807) is 12.4 Å².